The number of hydrogen-bond acceptors (Lipinski definition) is 4. The number of nitrogens with zero attached hydrogens (tertiary/aromatic N) is 3. The number of alkyl halides is 1. The Balaban J connectivity index is 2.09. The van der Waals surface area contributed by atoms with Crippen LogP contribution in [0.1, 0.15) is 17.2 Å². The molecule has 0 atom stereocenters. The maximum Gasteiger partial charge on any atom is 0.166 e. The van der Waals surface area contributed by atoms with Crippen molar-refractivity contribution in [2.45, 2.75) is 19.4 Å². The zero-order valence-corrected chi connectivity index (χ0v) is 10.2. The van der Waals surface area contributed by atoms with Crippen LogP contribution in [0.5, 0.6) is 5.75 Å². The van der Waals surface area contributed by atoms with E-state index in [-0.39, 0.29) is 0 Å². The van der Waals surface area contributed by atoms with Gasteiger partial charge in [0.15, 0.2) is 5.82 Å². The van der Waals surface area contributed by atoms with Crippen molar-refractivity contribution in [3.8, 4) is 5.75 Å². The molecule has 0 saturated heterocycles. The summed E-state index contributed by atoms with van der Waals surface area (Å²) in [6.45, 7) is 2.23. The molecule has 2 rings (SSSR count). The molecule has 0 aliphatic heterocycles. The van der Waals surface area contributed by atoms with Crippen LogP contribution in [0.15, 0.2) is 30.6 Å². The molecule has 0 unspecified atom stereocenters. The lowest BCUT2D eigenvalue weighted by Crippen LogP contribution is -2.03. The molecule has 2 aromatic heterocycles. The van der Waals surface area contributed by atoms with Gasteiger partial charge < -0.3 is 4.74 Å². The first kappa shape index (κ1) is 11.8. The van der Waals surface area contributed by atoms with Crippen molar-refractivity contribution in [1.82, 2.24) is 15.0 Å². The van der Waals surface area contributed by atoms with Gasteiger partial charge in [0, 0.05) is 18.1 Å². The zero-order chi connectivity index (χ0) is 12.1. The molecule has 4 nitrogen and oxygen atoms in total. The average molecular weight is 250 g/mol. The van der Waals surface area contributed by atoms with Crippen molar-refractivity contribution in [3.63, 3.8) is 0 Å². The van der Waals surface area contributed by atoms with Crippen LogP contribution < -0.4 is 4.74 Å². The van der Waals surface area contributed by atoms with Gasteiger partial charge in [0.25, 0.3) is 0 Å². The summed E-state index contributed by atoms with van der Waals surface area (Å²) in [5.41, 5.74) is 1.66. The molecule has 0 aliphatic carbocycles. The summed E-state index contributed by atoms with van der Waals surface area (Å²) in [6, 6.07) is 5.52. The molecule has 0 amide bonds. The first-order chi connectivity index (χ1) is 8.29. The minimum Gasteiger partial charge on any atom is -0.484 e. The summed E-state index contributed by atoms with van der Waals surface area (Å²) >= 11 is 5.81. The normalized spacial score (nSPS) is 10.2. The van der Waals surface area contributed by atoms with Gasteiger partial charge in [-0.15, -0.1) is 11.6 Å². The van der Waals surface area contributed by atoms with Crippen LogP contribution in [0.4, 0.5) is 0 Å². The topological polar surface area (TPSA) is 47.9 Å². The third kappa shape index (κ3) is 3.14. The van der Waals surface area contributed by atoms with Crippen molar-refractivity contribution >= 4 is 11.6 Å². The monoisotopic (exact) mass is 249 g/mol. The van der Waals surface area contributed by atoms with Crippen molar-refractivity contribution in [2.24, 2.45) is 0 Å². The van der Waals surface area contributed by atoms with Gasteiger partial charge in [-0.05, 0) is 25.1 Å². The third-order valence-corrected chi connectivity index (χ3v) is 2.43. The van der Waals surface area contributed by atoms with Crippen molar-refractivity contribution in [2.75, 3.05) is 0 Å². The number of aryl methyl sites for hydroxylation is 1. The molecule has 0 aromatic carbocycles. The number of ether oxygens (including phenoxy) is 1. The highest BCUT2D eigenvalue weighted by atomic mass is 35.5. The maximum absolute atomic E-state index is 5.81. The highest BCUT2D eigenvalue weighted by Gasteiger charge is 2.05. The molecule has 88 valence electrons. The molecule has 2 aromatic rings. The minimum absolute atomic E-state index is 0.315. The van der Waals surface area contributed by atoms with Gasteiger partial charge in [0.1, 0.15) is 12.4 Å². The highest BCUT2D eigenvalue weighted by molar-refractivity contribution is 6.17. The summed E-state index contributed by atoms with van der Waals surface area (Å²) in [5.74, 6) is 1.64. The summed E-state index contributed by atoms with van der Waals surface area (Å²) < 4.78 is 5.60. The Morgan fingerprint density at radius 2 is 2.00 bits per heavy atom. The molecular weight excluding hydrogens is 238 g/mol. The van der Waals surface area contributed by atoms with E-state index in [1.54, 1.807) is 18.5 Å². The predicted octanol–water partition coefficient (Wildman–Crippen LogP) is 2.50. The Hall–Kier alpha value is -1.68. The Kier molecular flexibility index (Phi) is 3.88. The fourth-order valence-electron chi connectivity index (χ4n) is 1.37. The van der Waals surface area contributed by atoms with Gasteiger partial charge in [0.2, 0.25) is 0 Å². The summed E-state index contributed by atoms with van der Waals surface area (Å²) in [4.78, 5) is 12.5. The lowest BCUT2D eigenvalue weighted by molar-refractivity contribution is 0.292. The van der Waals surface area contributed by atoms with Crippen LogP contribution in [0, 0.1) is 6.92 Å². The Morgan fingerprint density at radius 1 is 1.24 bits per heavy atom. The number of pyridine rings is 1. The maximum atomic E-state index is 5.81. The Labute approximate surface area is 105 Å². The molecule has 17 heavy (non-hydrogen) atoms. The van der Waals surface area contributed by atoms with Crippen LogP contribution >= 0.6 is 11.6 Å². The smallest absolute Gasteiger partial charge is 0.166 e. The van der Waals surface area contributed by atoms with E-state index in [2.05, 4.69) is 15.0 Å². The second-order valence-electron chi connectivity index (χ2n) is 3.48. The number of hydrogen-bond donors (Lipinski definition) is 0. The molecule has 0 bridgehead atoms. The fourth-order valence-corrected chi connectivity index (χ4v) is 1.56. The van der Waals surface area contributed by atoms with E-state index in [0.717, 1.165) is 11.4 Å². The predicted molar refractivity (Wildman–Crippen MR) is 64.9 cm³/mol. The third-order valence-electron chi connectivity index (χ3n) is 2.17. The second kappa shape index (κ2) is 5.59. The second-order valence-corrected chi connectivity index (χ2v) is 3.75. The molecule has 0 fully saturated rings. The van der Waals surface area contributed by atoms with Crippen LogP contribution in [-0.4, -0.2) is 15.0 Å². The van der Waals surface area contributed by atoms with Gasteiger partial charge in [-0.3, -0.25) is 4.98 Å². The quantitative estimate of drug-likeness (QED) is 0.781. The van der Waals surface area contributed by atoms with Crippen molar-refractivity contribution < 1.29 is 4.74 Å². The summed E-state index contributed by atoms with van der Waals surface area (Å²) in [7, 11) is 0. The standard InChI is InChI=1S/C12H12ClN3O/c1-9-3-4-11(10(7-13)16-9)17-8-12-14-5-2-6-15-12/h2-6H,7-8H2,1H3. The molecule has 2 heterocycles. The van der Waals surface area contributed by atoms with Crippen LogP contribution in [0.3, 0.4) is 0 Å². The van der Waals surface area contributed by atoms with Crippen molar-refractivity contribution in [1.29, 1.82) is 0 Å². The van der Waals surface area contributed by atoms with E-state index in [1.807, 2.05) is 19.1 Å². The number of halogens is 1. The van der Waals surface area contributed by atoms with Gasteiger partial charge in [-0.2, -0.15) is 0 Å². The minimum atomic E-state index is 0.315. The van der Waals surface area contributed by atoms with Gasteiger partial charge in [0.05, 0.1) is 11.6 Å². The van der Waals surface area contributed by atoms with Gasteiger partial charge in [-0.1, -0.05) is 0 Å². The Morgan fingerprint density at radius 3 is 2.71 bits per heavy atom. The molecule has 0 radical (unpaired) electrons. The van der Waals surface area contributed by atoms with E-state index in [1.165, 1.54) is 0 Å². The zero-order valence-electron chi connectivity index (χ0n) is 9.43. The first-order valence-electron chi connectivity index (χ1n) is 5.21. The SMILES string of the molecule is Cc1ccc(OCc2ncccn2)c(CCl)n1. The van der Waals surface area contributed by atoms with Crippen LogP contribution in [-0.2, 0) is 12.5 Å². The van der Waals surface area contributed by atoms with E-state index in [9.17, 15) is 0 Å². The average Bonchev–Trinajstić information content (AvgIpc) is 2.38. The van der Waals surface area contributed by atoms with Gasteiger partial charge in [-0.25, -0.2) is 9.97 Å². The lowest BCUT2D eigenvalue weighted by atomic mass is 10.3. The van der Waals surface area contributed by atoms with E-state index < -0.39 is 0 Å². The van der Waals surface area contributed by atoms with Crippen LogP contribution in [0.25, 0.3) is 0 Å². The Bertz CT molecular complexity index is 490. The highest BCUT2D eigenvalue weighted by Crippen LogP contribution is 2.19. The molecular formula is C12H12ClN3O. The molecule has 5 heteroatoms. The number of rotatable bonds is 4. The molecule has 0 spiro atoms. The lowest BCUT2D eigenvalue weighted by Gasteiger charge is -2.08. The summed E-state index contributed by atoms with van der Waals surface area (Å²) in [5, 5.41) is 0. The first-order valence-corrected chi connectivity index (χ1v) is 5.74. The van der Waals surface area contributed by atoms with Gasteiger partial charge >= 0.3 is 0 Å². The van der Waals surface area contributed by atoms with E-state index in [0.29, 0.717) is 24.1 Å². The largest absolute Gasteiger partial charge is 0.484 e. The molecule has 0 saturated carbocycles. The number of aromatic nitrogens is 3. The molecule has 0 N–H and O–H groups in total. The van der Waals surface area contributed by atoms with E-state index in [4.69, 9.17) is 16.3 Å². The van der Waals surface area contributed by atoms with Crippen molar-refractivity contribution in [3.05, 3.63) is 47.8 Å². The molecule has 0 aliphatic rings. The fraction of sp³-hybridized carbons (Fsp3) is 0.250. The van der Waals surface area contributed by atoms with E-state index >= 15 is 0 Å². The summed E-state index contributed by atoms with van der Waals surface area (Å²) in [6.07, 6.45) is 3.36. The van der Waals surface area contributed by atoms with Crippen LogP contribution in [0.2, 0.25) is 0 Å².